The van der Waals surface area contributed by atoms with E-state index in [4.69, 9.17) is 52.4 Å². The molecule has 14 atom stereocenters. The smallest absolute Gasteiger partial charge is 0.341 e. The van der Waals surface area contributed by atoms with Gasteiger partial charge in [-0.25, -0.2) is 9.59 Å². The van der Waals surface area contributed by atoms with Crippen LogP contribution in [0.3, 0.4) is 0 Å². The number of rotatable bonds is 52. The first-order valence-corrected chi connectivity index (χ1v) is 40.6. The van der Waals surface area contributed by atoms with Crippen LogP contribution in [0.15, 0.2) is 63.1 Å². The van der Waals surface area contributed by atoms with E-state index in [9.17, 15) is 67.7 Å². The molecule has 0 bridgehead atoms. The van der Waals surface area contributed by atoms with Gasteiger partial charge in [0.15, 0.2) is 41.4 Å². The number of carbonyl (C=O) groups excluding carboxylic acids is 12. The molecule has 1 saturated heterocycles. The van der Waals surface area contributed by atoms with Crippen LogP contribution in [0.5, 0.6) is 0 Å². The second-order valence-electron chi connectivity index (χ2n) is 31.1. The van der Waals surface area contributed by atoms with Gasteiger partial charge in [0.1, 0.15) is 41.9 Å². The zero-order valence-corrected chi connectivity index (χ0v) is 68.9. The number of hydrogen-bond donors (Lipinski definition) is 14. The number of fused-ring (bicyclic) bond motifs is 3. The van der Waals surface area contributed by atoms with Crippen molar-refractivity contribution in [1.82, 2.24) is 37.2 Å². The molecule has 3 aliphatic rings. The quantitative estimate of drug-likeness (QED) is 0.00837. The van der Waals surface area contributed by atoms with Crippen LogP contribution < -0.4 is 65.9 Å². The molecule has 114 heavy (non-hydrogen) atoms. The van der Waals surface area contributed by atoms with E-state index in [0.29, 0.717) is 63.6 Å². The van der Waals surface area contributed by atoms with Gasteiger partial charge in [-0.15, -0.1) is 0 Å². The lowest BCUT2D eigenvalue weighted by molar-refractivity contribution is -0.212. The summed E-state index contributed by atoms with van der Waals surface area (Å²) in [5.74, 6) is -10.8. The van der Waals surface area contributed by atoms with Crippen molar-refractivity contribution in [3.8, 4) is 0 Å². The number of allylic oxidation sites excluding steroid dienone is 1. The van der Waals surface area contributed by atoms with Crippen molar-refractivity contribution in [3.05, 3.63) is 58.7 Å². The molecule has 33 heteroatoms. The summed E-state index contributed by atoms with van der Waals surface area (Å²) in [6.07, 6.45) is 7.69. The molecule has 1 heterocycles. The normalized spacial score (nSPS) is 21.9. The van der Waals surface area contributed by atoms with Gasteiger partial charge in [0.2, 0.25) is 41.4 Å². The van der Waals surface area contributed by atoms with E-state index in [-0.39, 0.29) is 111 Å². The number of aliphatic imine (C=N–C) groups is 2. The summed E-state index contributed by atoms with van der Waals surface area (Å²) < 4.78 is 30.2. The Hall–Kier alpha value is -9.24. The molecular weight excluding hydrogens is 1470 g/mol. The molecular formula is C81H132N14O19. The predicted octanol–water partition coefficient (Wildman–Crippen LogP) is 3.87. The van der Waals surface area contributed by atoms with Crippen molar-refractivity contribution in [2.24, 2.45) is 56.4 Å². The lowest BCUT2D eigenvalue weighted by atomic mass is 9.75. The fourth-order valence-electron chi connectivity index (χ4n) is 14.6. The van der Waals surface area contributed by atoms with Gasteiger partial charge in [-0.1, -0.05) is 134 Å². The summed E-state index contributed by atoms with van der Waals surface area (Å²) in [7, 11) is 0. The summed E-state index contributed by atoms with van der Waals surface area (Å²) >= 11 is 0. The second-order valence-corrected chi connectivity index (χ2v) is 31.1. The molecule has 1 aromatic rings. The van der Waals surface area contributed by atoms with Crippen molar-refractivity contribution in [2.75, 3.05) is 32.7 Å². The third-order valence-electron chi connectivity index (χ3n) is 21.1. The number of nitrogens with zero attached hydrogens (tertiary/aromatic N) is 2. The number of nitrogens with one attached hydrogen (secondary N) is 7. The number of benzene rings is 1. The zero-order valence-electron chi connectivity index (χ0n) is 68.9. The molecule has 2 fully saturated rings. The van der Waals surface area contributed by atoms with Crippen LogP contribution in [0, 0.1) is 17.8 Å². The highest BCUT2D eigenvalue weighted by Gasteiger charge is 2.76. The predicted molar refractivity (Wildman–Crippen MR) is 428 cm³/mol. The summed E-state index contributed by atoms with van der Waals surface area (Å²) in [5, 5.41) is 44.4. The maximum absolute atomic E-state index is 14.6. The van der Waals surface area contributed by atoms with Crippen LogP contribution in [-0.4, -0.2) is 197 Å². The molecule has 640 valence electrons. The lowest BCUT2D eigenvalue weighted by Crippen LogP contribution is -2.64. The molecule has 1 saturated carbocycles. The molecule has 33 nitrogen and oxygen atoms in total. The van der Waals surface area contributed by atoms with Crippen LogP contribution in [0.4, 0.5) is 0 Å². The molecule has 2 aliphatic carbocycles. The van der Waals surface area contributed by atoms with E-state index >= 15 is 0 Å². The van der Waals surface area contributed by atoms with E-state index in [0.717, 1.165) is 78.1 Å². The molecule has 0 spiro atoms. The van der Waals surface area contributed by atoms with E-state index in [2.05, 4.69) is 54.1 Å². The maximum atomic E-state index is 14.6. The highest BCUT2D eigenvalue weighted by Crippen LogP contribution is 2.58. The van der Waals surface area contributed by atoms with Gasteiger partial charge >= 0.3 is 29.8 Å². The van der Waals surface area contributed by atoms with Crippen molar-refractivity contribution in [1.29, 1.82) is 0 Å². The Labute approximate surface area is 671 Å². The average molecular weight is 1610 g/mol. The van der Waals surface area contributed by atoms with Gasteiger partial charge in [0.25, 0.3) is 0 Å². The maximum Gasteiger partial charge on any atom is 0.341 e. The third-order valence-corrected chi connectivity index (χ3v) is 21.1. The van der Waals surface area contributed by atoms with Gasteiger partial charge < -0.3 is 99.8 Å². The fraction of sp³-hybridized carbons (Fsp3) is 0.704. The molecule has 1 aromatic carbocycles. The number of hydrogen-bond acceptors (Lipinski definition) is 22. The number of guanidine groups is 2. The van der Waals surface area contributed by atoms with Crippen molar-refractivity contribution < 1.29 is 91.4 Å². The molecule has 0 radical (unpaired) electrons. The Balaban J connectivity index is 1.39. The van der Waals surface area contributed by atoms with E-state index in [1.807, 2.05) is 13.8 Å². The first-order chi connectivity index (χ1) is 54.0. The highest BCUT2D eigenvalue weighted by molar-refractivity contribution is 5.97. The zero-order chi connectivity index (χ0) is 84.9. The molecule has 7 amide bonds. The Bertz CT molecular complexity index is 3490. The Morgan fingerprint density at radius 3 is 1.68 bits per heavy atom. The fourth-order valence-corrected chi connectivity index (χ4v) is 14.6. The Morgan fingerprint density at radius 1 is 0.623 bits per heavy atom. The van der Waals surface area contributed by atoms with E-state index < -0.39 is 155 Å². The van der Waals surface area contributed by atoms with Crippen molar-refractivity contribution >= 4 is 83.1 Å². The van der Waals surface area contributed by atoms with E-state index in [1.165, 1.54) is 20.8 Å². The number of aliphatic hydroxyl groups is 2. The van der Waals surface area contributed by atoms with Gasteiger partial charge in [0.05, 0.1) is 11.8 Å². The SMILES string of the molecule is C/C=C(\C)C(=O)O[C@@H]1C(C)=C2[C@H]([C@@H]1OC(=O)CCCCCCC)[C@@](C)(OC(C)=O)C[C@H](OC(=O)CCCCCCCCCCCNC(=O)[C@H](CC(C)C)NC(=O)[C@H](CCCN=C(N)N)NC(=O)[C@H](CCCN=C(N)N)NC(=O)[C@H](Cc1ccccc1)NC(=O)[C@H](C)NC(=O)[C@H](CCCCN)CNC(C)=O)C1(O)[C@H]2OC(=O)[C@@]1(C)O. The van der Waals surface area contributed by atoms with Crippen LogP contribution in [0.1, 0.15) is 242 Å². The van der Waals surface area contributed by atoms with Crippen LogP contribution in [0.2, 0.25) is 0 Å². The molecule has 19 N–H and O–H groups in total. The van der Waals surface area contributed by atoms with E-state index in [1.54, 1.807) is 57.2 Å². The second kappa shape index (κ2) is 48.9. The molecule has 1 aliphatic heterocycles. The van der Waals surface area contributed by atoms with Crippen molar-refractivity contribution in [2.45, 2.75) is 315 Å². The Morgan fingerprint density at radius 2 is 1.15 bits per heavy atom. The lowest BCUT2D eigenvalue weighted by Gasteiger charge is -2.41. The number of carbonyl (C=O) groups is 12. The van der Waals surface area contributed by atoms with Gasteiger partial charge in [0, 0.05) is 71.3 Å². The number of amides is 7. The minimum absolute atomic E-state index is 0.00533. The summed E-state index contributed by atoms with van der Waals surface area (Å²) in [6.45, 7) is 18.0. The number of esters is 5. The van der Waals surface area contributed by atoms with Crippen LogP contribution >= 0.6 is 0 Å². The number of ether oxygens (including phenoxy) is 5. The average Bonchev–Trinajstić information content (AvgIpc) is 1.52. The summed E-state index contributed by atoms with van der Waals surface area (Å²) in [6, 6.07) is 2.70. The number of nitrogens with two attached hydrogens (primary N) is 5. The molecule has 1 unspecified atom stereocenters. The first-order valence-electron chi connectivity index (χ1n) is 40.6. The van der Waals surface area contributed by atoms with Gasteiger partial charge in [-0.05, 0) is 135 Å². The standard InChI is InChI=1S/C81H132N14O19/c1-12-14-15-21-27-40-63(99)111-67-65-64(51(6)66(67)112-75(106)50(5)13-2)68-81(109,80(11,108)76(107)113-68)61(47-79(65,10)114-54(9)97)110-62(98)39-28-22-19-17-16-18-20-23-31-42-87-71(102)59(45-49(3)4)95-73(104)58(38-33-44-89-78(85)86)92-72(103)57(37-32-43-88-77(83)84)93-74(105)60(46-55-34-25-24-26-35-55)94-69(100)52(7)91-70(101)56(36-29-30-41-82)48-90-53(8)96/h13,24-26,34-35,49,52,56-61,65-68,108-109H,12,14-23,27-33,36-48,82H2,1-11H3,(H,87,102)(H,90,96)(H,91,101)(H,92,103)(H,93,105)(H,94,100)(H,95,104)(H4,83,84,88)(H4,85,86,89)/b50-13+/t52-,56+,57-,58-,59-,60-,61-,65+,66+,67-,68-,79-,80+,81?/m0/s1. The largest absolute Gasteiger partial charge is 0.459 e. The highest BCUT2D eigenvalue weighted by atomic mass is 16.6. The van der Waals surface area contributed by atoms with Crippen LogP contribution in [-0.2, 0) is 87.6 Å². The van der Waals surface area contributed by atoms with Crippen LogP contribution in [0.25, 0.3) is 0 Å². The Kier molecular flexibility index (Phi) is 41.6. The molecule has 4 rings (SSSR count). The van der Waals surface area contributed by atoms with Gasteiger partial charge in [-0.2, -0.15) is 0 Å². The van der Waals surface area contributed by atoms with Gasteiger partial charge in [-0.3, -0.25) is 57.9 Å². The minimum atomic E-state index is -2.69. The monoisotopic (exact) mass is 1600 g/mol. The topological polar surface area (TPSA) is 530 Å². The first kappa shape index (κ1) is 97.1. The minimum Gasteiger partial charge on any atom is -0.459 e. The number of unbranched alkanes of at least 4 members (excludes halogenated alkanes) is 13. The van der Waals surface area contributed by atoms with Crippen molar-refractivity contribution in [3.63, 3.8) is 0 Å². The summed E-state index contributed by atoms with van der Waals surface area (Å²) in [5.41, 5.74) is 22.2. The molecule has 0 aromatic heterocycles. The third kappa shape index (κ3) is 30.8. The summed E-state index contributed by atoms with van der Waals surface area (Å²) in [4.78, 5) is 173.